The van der Waals surface area contributed by atoms with Crippen molar-refractivity contribution >= 4 is 28.4 Å². The zero-order valence-corrected chi connectivity index (χ0v) is 11.9. The van der Waals surface area contributed by atoms with Gasteiger partial charge >= 0.3 is 0 Å². The summed E-state index contributed by atoms with van der Waals surface area (Å²) in [5.74, 6) is 0.775. The van der Waals surface area contributed by atoms with E-state index in [-0.39, 0.29) is 0 Å². The van der Waals surface area contributed by atoms with E-state index in [4.69, 9.17) is 5.73 Å². The number of fused-ring (bicyclic) bond motifs is 1. The predicted octanol–water partition coefficient (Wildman–Crippen LogP) is 3.21. The maximum Gasteiger partial charge on any atom is 0.187 e. The highest BCUT2D eigenvalue weighted by atomic mass is 32.2. The van der Waals surface area contributed by atoms with E-state index < -0.39 is 0 Å². The molecule has 2 N–H and O–H groups in total. The fourth-order valence-electron chi connectivity index (χ4n) is 1.97. The van der Waals surface area contributed by atoms with Gasteiger partial charge in [-0.15, -0.1) is 0 Å². The Morgan fingerprint density at radius 1 is 1.10 bits per heavy atom. The van der Waals surface area contributed by atoms with Gasteiger partial charge in [0, 0.05) is 35.4 Å². The van der Waals surface area contributed by atoms with E-state index in [0.717, 1.165) is 38.6 Å². The smallest absolute Gasteiger partial charge is 0.187 e. The summed E-state index contributed by atoms with van der Waals surface area (Å²) in [7, 11) is 0. The average molecular weight is 282 g/mol. The van der Waals surface area contributed by atoms with Crippen LogP contribution in [-0.2, 0) is 5.75 Å². The van der Waals surface area contributed by atoms with Crippen molar-refractivity contribution in [3.8, 4) is 0 Å². The fraction of sp³-hybridized carbons (Fsp3) is 0.133. The van der Waals surface area contributed by atoms with Crippen LogP contribution in [0.5, 0.6) is 0 Å². The summed E-state index contributed by atoms with van der Waals surface area (Å²) in [6.07, 6.45) is 5.45. The van der Waals surface area contributed by atoms with Gasteiger partial charge in [0.1, 0.15) is 0 Å². The van der Waals surface area contributed by atoms with Crippen molar-refractivity contribution < 1.29 is 0 Å². The second-order valence-electron chi connectivity index (χ2n) is 4.55. The molecule has 100 valence electrons. The number of anilines is 1. The molecule has 5 heteroatoms. The highest BCUT2D eigenvalue weighted by Gasteiger charge is 2.06. The van der Waals surface area contributed by atoms with E-state index in [1.54, 1.807) is 18.0 Å². The molecule has 0 saturated heterocycles. The standard InChI is InChI=1S/C15H14N4S/c1-10-7-18-15(19-8-10)20-9-11-4-5-13(16)12-3-2-6-17-14(11)12/h2-8H,9,16H2,1H3. The molecule has 0 atom stereocenters. The first-order valence-corrected chi connectivity index (χ1v) is 7.26. The van der Waals surface area contributed by atoms with E-state index >= 15 is 0 Å². The van der Waals surface area contributed by atoms with Gasteiger partial charge in [-0.3, -0.25) is 4.98 Å². The Kier molecular flexibility index (Phi) is 3.52. The monoisotopic (exact) mass is 282 g/mol. The van der Waals surface area contributed by atoms with Gasteiger partial charge in [-0.25, -0.2) is 9.97 Å². The lowest BCUT2D eigenvalue weighted by atomic mass is 10.1. The number of rotatable bonds is 3. The molecule has 1 aromatic carbocycles. The van der Waals surface area contributed by atoms with Crippen molar-refractivity contribution in [2.24, 2.45) is 0 Å². The van der Waals surface area contributed by atoms with Crippen LogP contribution in [0.4, 0.5) is 5.69 Å². The van der Waals surface area contributed by atoms with Gasteiger partial charge in [0.25, 0.3) is 0 Å². The van der Waals surface area contributed by atoms with Crippen LogP contribution in [0.1, 0.15) is 11.1 Å². The molecule has 3 rings (SSSR count). The van der Waals surface area contributed by atoms with Crippen LogP contribution in [0.2, 0.25) is 0 Å². The van der Waals surface area contributed by atoms with Gasteiger partial charge in [-0.1, -0.05) is 17.8 Å². The lowest BCUT2D eigenvalue weighted by molar-refractivity contribution is 0.950. The quantitative estimate of drug-likeness (QED) is 0.454. The Balaban J connectivity index is 1.88. The lowest BCUT2D eigenvalue weighted by Gasteiger charge is -2.07. The molecule has 0 spiro atoms. The van der Waals surface area contributed by atoms with E-state index in [1.165, 1.54) is 0 Å². The molecule has 0 radical (unpaired) electrons. The minimum absolute atomic E-state index is 0.758. The summed E-state index contributed by atoms with van der Waals surface area (Å²) >= 11 is 1.60. The van der Waals surface area contributed by atoms with Crippen molar-refractivity contribution in [1.29, 1.82) is 0 Å². The van der Waals surface area contributed by atoms with Crippen LogP contribution in [0.15, 0.2) is 48.0 Å². The van der Waals surface area contributed by atoms with Gasteiger partial charge in [0.05, 0.1) is 5.52 Å². The number of aryl methyl sites for hydroxylation is 1. The summed E-state index contributed by atoms with van der Waals surface area (Å²) in [6.45, 7) is 1.98. The summed E-state index contributed by atoms with van der Waals surface area (Å²) in [5.41, 5.74) is 9.89. The number of aromatic nitrogens is 3. The van der Waals surface area contributed by atoms with Crippen molar-refractivity contribution in [1.82, 2.24) is 15.0 Å². The number of nitrogen functional groups attached to an aromatic ring is 1. The summed E-state index contributed by atoms with van der Waals surface area (Å²) in [6, 6.07) is 7.84. The zero-order valence-electron chi connectivity index (χ0n) is 11.1. The van der Waals surface area contributed by atoms with E-state index in [2.05, 4.69) is 15.0 Å². The first-order valence-electron chi connectivity index (χ1n) is 6.27. The molecule has 0 unspecified atom stereocenters. The Morgan fingerprint density at radius 3 is 2.70 bits per heavy atom. The summed E-state index contributed by atoms with van der Waals surface area (Å²) < 4.78 is 0. The van der Waals surface area contributed by atoms with Gasteiger partial charge in [-0.2, -0.15) is 0 Å². The molecule has 2 aromatic heterocycles. The van der Waals surface area contributed by atoms with Gasteiger partial charge in [-0.05, 0) is 36.2 Å². The molecule has 2 heterocycles. The molecule has 0 fully saturated rings. The third-order valence-corrected chi connectivity index (χ3v) is 3.93. The minimum atomic E-state index is 0.758. The van der Waals surface area contributed by atoms with Crippen LogP contribution in [0, 0.1) is 6.92 Å². The fourth-order valence-corrected chi connectivity index (χ4v) is 2.74. The van der Waals surface area contributed by atoms with Crippen LogP contribution in [0.3, 0.4) is 0 Å². The molecule has 0 saturated carbocycles. The molecule has 0 bridgehead atoms. The lowest BCUT2D eigenvalue weighted by Crippen LogP contribution is -1.93. The van der Waals surface area contributed by atoms with Crippen LogP contribution in [0.25, 0.3) is 10.9 Å². The molecular formula is C15H14N4S. The molecule has 0 aliphatic carbocycles. The van der Waals surface area contributed by atoms with Crippen LogP contribution < -0.4 is 5.73 Å². The Morgan fingerprint density at radius 2 is 1.90 bits per heavy atom. The van der Waals surface area contributed by atoms with Crippen LogP contribution >= 0.6 is 11.8 Å². The number of pyridine rings is 1. The second kappa shape index (κ2) is 5.46. The zero-order chi connectivity index (χ0) is 13.9. The number of nitrogens with two attached hydrogens (primary N) is 1. The number of nitrogens with zero attached hydrogens (tertiary/aromatic N) is 3. The number of benzene rings is 1. The molecule has 20 heavy (non-hydrogen) atoms. The van der Waals surface area contributed by atoms with Gasteiger partial charge < -0.3 is 5.73 Å². The molecule has 3 aromatic rings. The van der Waals surface area contributed by atoms with E-state index in [9.17, 15) is 0 Å². The SMILES string of the molecule is Cc1cnc(SCc2ccc(N)c3cccnc23)nc1. The highest BCUT2D eigenvalue weighted by molar-refractivity contribution is 7.98. The average Bonchev–Trinajstić information content (AvgIpc) is 2.49. The summed E-state index contributed by atoms with van der Waals surface area (Å²) in [4.78, 5) is 13.0. The van der Waals surface area contributed by atoms with Crippen molar-refractivity contribution in [2.45, 2.75) is 17.8 Å². The topological polar surface area (TPSA) is 64.7 Å². The summed E-state index contributed by atoms with van der Waals surface area (Å²) in [5, 5.41) is 1.77. The first-order chi connectivity index (χ1) is 9.74. The van der Waals surface area contributed by atoms with Crippen molar-refractivity contribution in [2.75, 3.05) is 5.73 Å². The maximum atomic E-state index is 5.98. The molecule has 0 aliphatic heterocycles. The Hall–Kier alpha value is -2.14. The molecule has 0 amide bonds. The van der Waals surface area contributed by atoms with Crippen LogP contribution in [-0.4, -0.2) is 15.0 Å². The van der Waals surface area contributed by atoms with E-state index in [0.29, 0.717) is 0 Å². The minimum Gasteiger partial charge on any atom is -0.398 e. The molecule has 4 nitrogen and oxygen atoms in total. The van der Waals surface area contributed by atoms with E-state index in [1.807, 2.05) is 43.6 Å². The Labute approximate surface area is 121 Å². The third-order valence-electron chi connectivity index (χ3n) is 3.00. The molecular weight excluding hydrogens is 268 g/mol. The number of hydrogen-bond acceptors (Lipinski definition) is 5. The Bertz CT molecular complexity index is 740. The maximum absolute atomic E-state index is 5.98. The van der Waals surface area contributed by atoms with Gasteiger partial charge in [0.2, 0.25) is 0 Å². The second-order valence-corrected chi connectivity index (χ2v) is 5.49. The third kappa shape index (κ3) is 2.58. The normalized spacial score (nSPS) is 10.8. The van der Waals surface area contributed by atoms with Crippen molar-refractivity contribution in [3.05, 3.63) is 54.0 Å². The molecule has 0 aliphatic rings. The number of thioether (sulfide) groups is 1. The largest absolute Gasteiger partial charge is 0.398 e. The predicted molar refractivity (Wildman–Crippen MR) is 82.5 cm³/mol. The highest BCUT2D eigenvalue weighted by Crippen LogP contribution is 2.27. The van der Waals surface area contributed by atoms with Crippen molar-refractivity contribution in [3.63, 3.8) is 0 Å². The first kappa shape index (κ1) is 12.9. The number of hydrogen-bond donors (Lipinski definition) is 1. The van der Waals surface area contributed by atoms with Gasteiger partial charge in [0.15, 0.2) is 5.16 Å².